The number of benzene rings is 1. The average molecular weight is 460 g/mol. The first-order valence-corrected chi connectivity index (χ1v) is 11.9. The van der Waals surface area contributed by atoms with Crippen LogP contribution >= 0.6 is 0 Å². The Labute approximate surface area is 199 Å². The molecule has 1 aliphatic heterocycles. The van der Waals surface area contributed by atoms with Crippen LogP contribution in [0.1, 0.15) is 37.0 Å². The number of hydrogen-bond donors (Lipinski definition) is 2. The largest absolute Gasteiger partial charge is 0.348 e. The van der Waals surface area contributed by atoms with Gasteiger partial charge in [-0.2, -0.15) is 5.10 Å². The summed E-state index contributed by atoms with van der Waals surface area (Å²) in [7, 11) is 0. The zero-order valence-corrected chi connectivity index (χ0v) is 19.6. The Kier molecular flexibility index (Phi) is 6.28. The van der Waals surface area contributed by atoms with Gasteiger partial charge in [-0.3, -0.25) is 19.8 Å². The lowest BCUT2D eigenvalue weighted by Gasteiger charge is -2.37. The van der Waals surface area contributed by atoms with Gasteiger partial charge in [0, 0.05) is 61.0 Å². The fourth-order valence-electron chi connectivity index (χ4n) is 5.08. The third kappa shape index (κ3) is 4.80. The van der Waals surface area contributed by atoms with Crippen molar-refractivity contribution in [2.75, 3.05) is 19.6 Å². The molecular formula is C27H30FN5O. The van der Waals surface area contributed by atoms with Crippen molar-refractivity contribution in [1.82, 2.24) is 25.4 Å². The summed E-state index contributed by atoms with van der Waals surface area (Å²) in [5.41, 5.74) is 4.00. The van der Waals surface area contributed by atoms with Gasteiger partial charge >= 0.3 is 0 Å². The number of allylic oxidation sites excluding steroid dienone is 2. The number of aromatic nitrogens is 3. The number of carbonyl (C=O) groups excluding carboxylic acids is 1. The van der Waals surface area contributed by atoms with Crippen molar-refractivity contribution in [3.8, 4) is 11.3 Å². The van der Waals surface area contributed by atoms with Gasteiger partial charge < -0.3 is 5.32 Å². The van der Waals surface area contributed by atoms with E-state index in [-0.39, 0.29) is 23.7 Å². The summed E-state index contributed by atoms with van der Waals surface area (Å²) in [6.45, 7) is 6.42. The SMILES string of the molecule is CC1C=CC(CN2CC(C)CC(NC(=O)c3ccc4[nH]nc(-c5ccncc5)c4c3)C2)=C(F)C1. The Bertz CT molecular complexity index is 1250. The van der Waals surface area contributed by atoms with Crippen LogP contribution in [0.5, 0.6) is 0 Å². The number of nitrogens with zero attached hydrogens (tertiary/aromatic N) is 3. The van der Waals surface area contributed by atoms with E-state index < -0.39 is 0 Å². The van der Waals surface area contributed by atoms with Crippen molar-refractivity contribution in [2.45, 2.75) is 32.7 Å². The Hall–Kier alpha value is -3.32. The number of nitrogens with one attached hydrogen (secondary N) is 2. The summed E-state index contributed by atoms with van der Waals surface area (Å²) in [6, 6.07) is 9.43. The predicted molar refractivity (Wildman–Crippen MR) is 132 cm³/mol. The standard InChI is InChI=1S/C27H30FN5O/c1-17-3-4-21(24(28)12-17)15-33-14-18(2)11-22(16-33)30-27(34)20-5-6-25-23(13-20)26(32-31-25)19-7-9-29-10-8-19/h3-10,13,17-18,22H,11-12,14-16H2,1-2H3,(H,30,34)(H,31,32). The van der Waals surface area contributed by atoms with Gasteiger partial charge in [0.2, 0.25) is 0 Å². The first-order chi connectivity index (χ1) is 16.5. The third-order valence-corrected chi connectivity index (χ3v) is 6.72. The van der Waals surface area contributed by atoms with Crippen molar-refractivity contribution in [1.29, 1.82) is 0 Å². The maximum absolute atomic E-state index is 14.5. The topological polar surface area (TPSA) is 73.9 Å². The highest BCUT2D eigenvalue weighted by atomic mass is 19.1. The second kappa shape index (κ2) is 9.50. The van der Waals surface area contributed by atoms with Gasteiger partial charge in [0.1, 0.15) is 11.5 Å². The lowest BCUT2D eigenvalue weighted by Crippen LogP contribution is -2.50. The van der Waals surface area contributed by atoms with E-state index in [2.05, 4.69) is 38.4 Å². The Morgan fingerprint density at radius 1 is 1.21 bits per heavy atom. The van der Waals surface area contributed by atoms with Gasteiger partial charge in [-0.25, -0.2) is 4.39 Å². The number of aromatic amines is 1. The van der Waals surface area contributed by atoms with Crippen LogP contribution in [0.4, 0.5) is 4.39 Å². The van der Waals surface area contributed by atoms with Crippen LogP contribution in [0.15, 0.2) is 66.3 Å². The lowest BCUT2D eigenvalue weighted by atomic mass is 9.93. The van der Waals surface area contributed by atoms with Gasteiger partial charge in [0.25, 0.3) is 5.91 Å². The molecule has 176 valence electrons. The van der Waals surface area contributed by atoms with Crippen molar-refractivity contribution in [2.24, 2.45) is 11.8 Å². The minimum absolute atomic E-state index is 0.00720. The maximum atomic E-state index is 14.5. The number of carbonyl (C=O) groups is 1. The number of hydrogen-bond acceptors (Lipinski definition) is 4. The first kappa shape index (κ1) is 22.5. The van der Waals surface area contributed by atoms with Crippen LogP contribution in [0.2, 0.25) is 0 Å². The van der Waals surface area contributed by atoms with Crippen LogP contribution in [-0.2, 0) is 0 Å². The van der Waals surface area contributed by atoms with Gasteiger partial charge in [-0.15, -0.1) is 0 Å². The lowest BCUT2D eigenvalue weighted by molar-refractivity contribution is 0.0884. The smallest absolute Gasteiger partial charge is 0.251 e. The van der Waals surface area contributed by atoms with E-state index in [0.717, 1.165) is 40.7 Å². The van der Waals surface area contributed by atoms with E-state index >= 15 is 0 Å². The van der Waals surface area contributed by atoms with Gasteiger partial charge in [0.15, 0.2) is 0 Å². The van der Waals surface area contributed by atoms with Crippen molar-refractivity contribution < 1.29 is 9.18 Å². The quantitative estimate of drug-likeness (QED) is 0.570. The molecule has 3 atom stereocenters. The van der Waals surface area contributed by atoms with Crippen LogP contribution < -0.4 is 5.32 Å². The molecule has 34 heavy (non-hydrogen) atoms. The molecule has 0 spiro atoms. The molecule has 0 bridgehead atoms. The molecule has 1 saturated heterocycles. The second-order valence-corrected chi connectivity index (χ2v) is 9.74. The molecule has 1 fully saturated rings. The summed E-state index contributed by atoms with van der Waals surface area (Å²) in [5.74, 6) is 0.568. The molecule has 5 rings (SSSR count). The molecular weight excluding hydrogens is 429 g/mol. The fourth-order valence-corrected chi connectivity index (χ4v) is 5.08. The maximum Gasteiger partial charge on any atom is 0.251 e. The highest BCUT2D eigenvalue weighted by molar-refractivity contribution is 6.01. The molecule has 2 aliphatic rings. The van der Waals surface area contributed by atoms with E-state index in [4.69, 9.17) is 0 Å². The number of amides is 1. The average Bonchev–Trinajstić information content (AvgIpc) is 3.24. The van der Waals surface area contributed by atoms with E-state index in [9.17, 15) is 9.18 Å². The summed E-state index contributed by atoms with van der Waals surface area (Å²) < 4.78 is 14.5. The molecule has 3 aromatic rings. The summed E-state index contributed by atoms with van der Waals surface area (Å²) in [6.07, 6.45) is 8.86. The third-order valence-electron chi connectivity index (χ3n) is 6.72. The molecule has 3 unspecified atom stereocenters. The highest BCUT2D eigenvalue weighted by Crippen LogP contribution is 2.28. The zero-order chi connectivity index (χ0) is 23.7. The second-order valence-electron chi connectivity index (χ2n) is 9.74. The van der Waals surface area contributed by atoms with Crippen molar-refractivity contribution >= 4 is 16.8 Å². The molecule has 1 amide bonds. The van der Waals surface area contributed by atoms with Crippen molar-refractivity contribution in [3.63, 3.8) is 0 Å². The summed E-state index contributed by atoms with van der Waals surface area (Å²) in [5, 5.41) is 11.6. The molecule has 7 heteroatoms. The first-order valence-electron chi connectivity index (χ1n) is 11.9. The fraction of sp³-hybridized carbons (Fsp3) is 0.370. The van der Waals surface area contributed by atoms with E-state index in [1.165, 1.54) is 0 Å². The molecule has 0 saturated carbocycles. The van der Waals surface area contributed by atoms with E-state index in [1.807, 2.05) is 43.3 Å². The molecule has 2 aromatic heterocycles. The number of H-pyrrole nitrogens is 1. The Balaban J connectivity index is 1.30. The molecule has 0 radical (unpaired) electrons. The molecule has 3 heterocycles. The highest BCUT2D eigenvalue weighted by Gasteiger charge is 2.27. The van der Waals surface area contributed by atoms with Gasteiger partial charge in [-0.1, -0.05) is 26.0 Å². The number of pyridine rings is 1. The molecule has 2 N–H and O–H groups in total. The van der Waals surface area contributed by atoms with E-state index in [0.29, 0.717) is 31.0 Å². The normalized spacial score (nSPS) is 23.4. The number of rotatable bonds is 5. The molecule has 1 aromatic carbocycles. The van der Waals surface area contributed by atoms with Crippen LogP contribution in [0.25, 0.3) is 22.2 Å². The molecule has 1 aliphatic carbocycles. The minimum Gasteiger partial charge on any atom is -0.348 e. The van der Waals surface area contributed by atoms with Crippen LogP contribution in [0.3, 0.4) is 0 Å². The zero-order valence-electron chi connectivity index (χ0n) is 19.6. The minimum atomic E-state index is -0.0976. The van der Waals surface area contributed by atoms with E-state index in [1.54, 1.807) is 12.4 Å². The summed E-state index contributed by atoms with van der Waals surface area (Å²) in [4.78, 5) is 19.5. The Morgan fingerprint density at radius 2 is 2.03 bits per heavy atom. The predicted octanol–water partition coefficient (Wildman–Crippen LogP) is 4.88. The van der Waals surface area contributed by atoms with Gasteiger partial charge in [-0.05, 0) is 54.2 Å². The summed E-state index contributed by atoms with van der Waals surface area (Å²) >= 11 is 0. The van der Waals surface area contributed by atoms with Crippen LogP contribution in [-0.4, -0.2) is 51.7 Å². The monoisotopic (exact) mass is 459 g/mol. The van der Waals surface area contributed by atoms with Crippen molar-refractivity contribution in [3.05, 3.63) is 71.8 Å². The van der Waals surface area contributed by atoms with Crippen LogP contribution in [0, 0.1) is 11.8 Å². The number of piperidine rings is 1. The molecule has 6 nitrogen and oxygen atoms in total. The number of halogens is 1. The number of fused-ring (bicyclic) bond motifs is 1. The Morgan fingerprint density at radius 3 is 2.82 bits per heavy atom. The number of likely N-dealkylation sites (tertiary alicyclic amines) is 1. The van der Waals surface area contributed by atoms with Gasteiger partial charge in [0.05, 0.1) is 5.52 Å².